The van der Waals surface area contributed by atoms with Gasteiger partial charge in [-0.25, -0.2) is 4.98 Å². The predicted molar refractivity (Wildman–Crippen MR) is 112 cm³/mol. The lowest BCUT2D eigenvalue weighted by Crippen LogP contribution is -2.14. The Morgan fingerprint density at radius 3 is 2.68 bits per heavy atom. The van der Waals surface area contributed by atoms with E-state index >= 15 is 0 Å². The number of nitriles is 1. The number of rotatable bonds is 5. The molecule has 140 valence electrons. The Hall–Kier alpha value is -3.17. The number of nitrogens with zero attached hydrogens (tertiary/aromatic N) is 2. The van der Waals surface area contributed by atoms with Crippen LogP contribution >= 0.6 is 11.8 Å². The second kappa shape index (κ2) is 8.24. The van der Waals surface area contributed by atoms with E-state index in [0.717, 1.165) is 22.0 Å². The van der Waals surface area contributed by atoms with Gasteiger partial charge in [0, 0.05) is 16.6 Å². The summed E-state index contributed by atoms with van der Waals surface area (Å²) in [5.41, 5.74) is 4.54. The highest BCUT2D eigenvalue weighted by atomic mass is 32.2. The zero-order valence-corrected chi connectivity index (χ0v) is 16.7. The second-order valence-corrected chi connectivity index (χ2v) is 7.54. The van der Waals surface area contributed by atoms with Crippen LogP contribution < -0.4 is 5.32 Å². The van der Waals surface area contributed by atoms with Gasteiger partial charge in [0.15, 0.2) is 5.78 Å². The molecule has 0 fully saturated rings. The van der Waals surface area contributed by atoms with E-state index in [2.05, 4.69) is 22.4 Å². The van der Waals surface area contributed by atoms with Crippen LogP contribution in [-0.4, -0.2) is 22.4 Å². The van der Waals surface area contributed by atoms with E-state index in [1.807, 2.05) is 26.0 Å². The van der Waals surface area contributed by atoms with Crippen molar-refractivity contribution in [2.75, 3.05) is 11.1 Å². The molecule has 0 unspecified atom stereocenters. The van der Waals surface area contributed by atoms with Crippen LogP contribution in [0.5, 0.6) is 0 Å². The van der Waals surface area contributed by atoms with Crippen molar-refractivity contribution in [3.63, 3.8) is 0 Å². The Labute approximate surface area is 167 Å². The molecular weight excluding hydrogens is 370 g/mol. The van der Waals surface area contributed by atoms with Gasteiger partial charge in [-0.1, -0.05) is 30.0 Å². The number of benzene rings is 2. The Morgan fingerprint density at radius 1 is 1.18 bits per heavy atom. The molecule has 1 N–H and O–H groups in total. The quantitative estimate of drug-likeness (QED) is 0.507. The minimum absolute atomic E-state index is 0.0601. The van der Waals surface area contributed by atoms with Gasteiger partial charge in [-0.3, -0.25) is 9.59 Å². The van der Waals surface area contributed by atoms with Gasteiger partial charge in [-0.15, -0.1) is 0 Å². The zero-order valence-electron chi connectivity index (χ0n) is 15.9. The lowest BCUT2D eigenvalue weighted by molar-refractivity contribution is -0.113. The fraction of sp³-hybridized carbons (Fsp3) is 0.182. The summed E-state index contributed by atoms with van der Waals surface area (Å²) in [5, 5.41) is 13.7. The molecule has 0 aliphatic heterocycles. The van der Waals surface area contributed by atoms with Crippen LogP contribution in [0.1, 0.15) is 34.0 Å². The summed E-state index contributed by atoms with van der Waals surface area (Å²) in [7, 11) is 0. The first-order chi connectivity index (χ1) is 13.4. The number of ketones is 1. The van der Waals surface area contributed by atoms with Crippen LogP contribution in [-0.2, 0) is 4.79 Å². The largest absolute Gasteiger partial charge is 0.325 e. The number of anilines is 1. The van der Waals surface area contributed by atoms with Crippen molar-refractivity contribution in [2.45, 2.75) is 25.8 Å². The molecule has 1 heterocycles. The third kappa shape index (κ3) is 4.38. The number of pyridine rings is 1. The van der Waals surface area contributed by atoms with Crippen molar-refractivity contribution in [1.29, 1.82) is 5.26 Å². The molecule has 2 aromatic carbocycles. The first kappa shape index (κ1) is 19.6. The lowest BCUT2D eigenvalue weighted by atomic mass is 10.1. The van der Waals surface area contributed by atoms with Crippen molar-refractivity contribution in [1.82, 2.24) is 4.98 Å². The highest BCUT2D eigenvalue weighted by molar-refractivity contribution is 8.00. The molecule has 3 aromatic rings. The van der Waals surface area contributed by atoms with Crippen LogP contribution in [0, 0.1) is 25.2 Å². The number of thioether (sulfide) groups is 1. The van der Waals surface area contributed by atoms with Crippen molar-refractivity contribution >= 4 is 40.0 Å². The van der Waals surface area contributed by atoms with Crippen molar-refractivity contribution in [3.05, 3.63) is 64.7 Å². The SMILES string of the molecule is CC(=O)c1cccc(NC(=O)CSc2nc3cc(C)cc(C)c3cc2C#N)c1. The average Bonchev–Trinajstić information content (AvgIpc) is 2.65. The number of hydrogen-bond donors (Lipinski definition) is 1. The maximum Gasteiger partial charge on any atom is 0.234 e. The molecule has 28 heavy (non-hydrogen) atoms. The Kier molecular flexibility index (Phi) is 5.76. The number of carbonyl (C=O) groups is 2. The summed E-state index contributed by atoms with van der Waals surface area (Å²) in [6.07, 6.45) is 0. The molecular formula is C22H19N3O2S. The number of aryl methyl sites for hydroxylation is 2. The van der Waals surface area contributed by atoms with Crippen LogP contribution in [0.3, 0.4) is 0 Å². The molecule has 5 nitrogen and oxygen atoms in total. The highest BCUT2D eigenvalue weighted by Crippen LogP contribution is 2.27. The van der Waals surface area contributed by atoms with Crippen LogP contribution in [0.2, 0.25) is 0 Å². The fourth-order valence-electron chi connectivity index (χ4n) is 2.95. The topological polar surface area (TPSA) is 82.8 Å². The summed E-state index contributed by atoms with van der Waals surface area (Å²) in [6.45, 7) is 5.48. The van der Waals surface area contributed by atoms with Gasteiger partial charge in [0.1, 0.15) is 11.1 Å². The minimum atomic E-state index is -0.225. The molecule has 0 atom stereocenters. The Bertz CT molecular complexity index is 1130. The van der Waals surface area contributed by atoms with E-state index in [1.54, 1.807) is 24.3 Å². The normalized spacial score (nSPS) is 10.5. The number of amides is 1. The number of aromatic nitrogens is 1. The summed E-state index contributed by atoms with van der Waals surface area (Å²) >= 11 is 1.22. The monoisotopic (exact) mass is 389 g/mol. The van der Waals surface area contributed by atoms with Crippen molar-refractivity contribution in [3.8, 4) is 6.07 Å². The van der Waals surface area contributed by atoms with E-state index < -0.39 is 0 Å². The highest BCUT2D eigenvalue weighted by Gasteiger charge is 2.12. The third-order valence-corrected chi connectivity index (χ3v) is 5.25. The van der Waals surface area contributed by atoms with E-state index in [9.17, 15) is 14.9 Å². The van der Waals surface area contributed by atoms with Crippen LogP contribution in [0.15, 0.2) is 47.5 Å². The predicted octanol–water partition coefficient (Wildman–Crippen LogP) is 4.66. The lowest BCUT2D eigenvalue weighted by Gasteiger charge is -2.09. The maximum atomic E-state index is 12.3. The van der Waals surface area contributed by atoms with Crippen LogP contribution in [0.4, 0.5) is 5.69 Å². The third-order valence-electron chi connectivity index (χ3n) is 4.26. The molecule has 0 spiro atoms. The molecule has 0 radical (unpaired) electrons. The molecule has 6 heteroatoms. The average molecular weight is 389 g/mol. The molecule has 0 aliphatic rings. The van der Waals surface area contributed by atoms with Crippen molar-refractivity contribution in [2.24, 2.45) is 0 Å². The number of nitrogens with one attached hydrogen (secondary N) is 1. The number of Topliss-reactive ketones (excluding diaryl/α,β-unsaturated/α-hetero) is 1. The first-order valence-electron chi connectivity index (χ1n) is 8.73. The molecule has 0 aliphatic carbocycles. The van der Waals surface area contributed by atoms with Gasteiger partial charge in [0.05, 0.1) is 16.8 Å². The molecule has 1 aromatic heterocycles. The molecule has 0 saturated carbocycles. The molecule has 0 saturated heterocycles. The van der Waals surface area contributed by atoms with Gasteiger partial charge >= 0.3 is 0 Å². The molecule has 0 bridgehead atoms. The first-order valence-corrected chi connectivity index (χ1v) is 9.71. The summed E-state index contributed by atoms with van der Waals surface area (Å²) in [5.74, 6) is -0.172. The Morgan fingerprint density at radius 2 is 1.96 bits per heavy atom. The molecule has 1 amide bonds. The van der Waals surface area contributed by atoms with E-state index in [1.165, 1.54) is 18.7 Å². The van der Waals surface area contributed by atoms with Gasteiger partial charge in [-0.2, -0.15) is 5.26 Å². The number of carbonyl (C=O) groups excluding carboxylic acids is 2. The van der Waals surface area contributed by atoms with E-state index in [-0.39, 0.29) is 17.4 Å². The van der Waals surface area contributed by atoms with Gasteiger partial charge in [0.2, 0.25) is 5.91 Å². The maximum absolute atomic E-state index is 12.3. The summed E-state index contributed by atoms with van der Waals surface area (Å²) in [4.78, 5) is 28.4. The summed E-state index contributed by atoms with van der Waals surface area (Å²) < 4.78 is 0. The Balaban J connectivity index is 1.77. The van der Waals surface area contributed by atoms with E-state index in [0.29, 0.717) is 21.8 Å². The standard InChI is InChI=1S/C22H19N3O2S/c1-13-7-14(2)19-10-17(11-23)22(25-20(19)8-13)28-12-21(27)24-18-6-4-5-16(9-18)15(3)26/h4-10H,12H2,1-3H3,(H,24,27). The second-order valence-electron chi connectivity index (χ2n) is 6.58. The number of hydrogen-bond acceptors (Lipinski definition) is 5. The van der Waals surface area contributed by atoms with Gasteiger partial charge in [0.25, 0.3) is 0 Å². The van der Waals surface area contributed by atoms with Crippen LogP contribution in [0.25, 0.3) is 10.9 Å². The van der Waals surface area contributed by atoms with E-state index in [4.69, 9.17) is 0 Å². The molecule has 3 rings (SSSR count). The fourth-order valence-corrected chi connectivity index (χ4v) is 3.71. The minimum Gasteiger partial charge on any atom is -0.325 e. The van der Waals surface area contributed by atoms with Crippen molar-refractivity contribution < 1.29 is 9.59 Å². The smallest absolute Gasteiger partial charge is 0.234 e. The van der Waals surface area contributed by atoms with Gasteiger partial charge < -0.3 is 5.32 Å². The summed E-state index contributed by atoms with van der Waals surface area (Å²) in [6, 6.07) is 14.8. The van der Waals surface area contributed by atoms with Gasteiger partial charge in [-0.05, 0) is 56.2 Å². The number of fused-ring (bicyclic) bond motifs is 1. The zero-order chi connectivity index (χ0) is 20.3.